The van der Waals surface area contributed by atoms with Crippen molar-refractivity contribution in [1.82, 2.24) is 0 Å². The molecule has 6 aromatic rings. The summed E-state index contributed by atoms with van der Waals surface area (Å²) in [6.07, 6.45) is 18.3. The molecule has 2 aliphatic rings. The maximum Gasteiger partial charge on any atom is 0.00620 e. The Hall–Kier alpha value is -5.20. The maximum atomic E-state index is 2.47. The third kappa shape index (κ3) is 4.74. The van der Waals surface area contributed by atoms with Gasteiger partial charge in [0.25, 0.3) is 0 Å². The van der Waals surface area contributed by atoms with Gasteiger partial charge in [0.15, 0.2) is 0 Å². The van der Waals surface area contributed by atoms with E-state index in [1.54, 1.807) is 0 Å². The first kappa shape index (κ1) is 26.4. The molecule has 0 fully saturated rings. The molecule has 44 heavy (non-hydrogen) atoms. The lowest BCUT2D eigenvalue weighted by atomic mass is 9.79. The average molecular weight is 563 g/mol. The van der Waals surface area contributed by atoms with Crippen LogP contribution in [0.2, 0.25) is 0 Å². The molecular weight excluding hydrogens is 528 g/mol. The summed E-state index contributed by atoms with van der Waals surface area (Å²) < 4.78 is 0. The van der Waals surface area contributed by atoms with Crippen LogP contribution in [0.15, 0.2) is 175 Å². The smallest absolute Gasteiger partial charge is 0.00620 e. The van der Waals surface area contributed by atoms with Crippen LogP contribution < -0.4 is 0 Å². The van der Waals surface area contributed by atoms with Gasteiger partial charge < -0.3 is 0 Å². The second kappa shape index (κ2) is 11.5. The molecule has 0 aliphatic heterocycles. The quantitative estimate of drug-likeness (QED) is 0.183. The first-order valence-corrected chi connectivity index (χ1v) is 15.8. The van der Waals surface area contributed by atoms with Crippen LogP contribution in [0.25, 0.3) is 54.9 Å². The van der Waals surface area contributed by atoms with Gasteiger partial charge in [-0.1, -0.05) is 170 Å². The van der Waals surface area contributed by atoms with Crippen molar-refractivity contribution in [2.24, 2.45) is 5.92 Å². The number of allylic oxidation sites excluding steroid dienone is 8. The molecule has 0 nitrogen and oxygen atoms in total. The fourth-order valence-corrected chi connectivity index (χ4v) is 7.21. The molecule has 8 rings (SSSR count). The van der Waals surface area contributed by atoms with Crippen LogP contribution in [0.3, 0.4) is 0 Å². The maximum absolute atomic E-state index is 2.47. The van der Waals surface area contributed by atoms with Crippen molar-refractivity contribution in [1.29, 1.82) is 0 Å². The minimum Gasteiger partial charge on any atom is -0.0836 e. The average Bonchev–Trinajstić information content (AvgIpc) is 3.11. The van der Waals surface area contributed by atoms with Crippen molar-refractivity contribution < 1.29 is 0 Å². The van der Waals surface area contributed by atoms with Crippen LogP contribution in [0, 0.1) is 5.92 Å². The third-order valence-electron chi connectivity index (χ3n) is 9.38. The molecule has 2 unspecified atom stereocenters. The highest BCUT2D eigenvalue weighted by atomic mass is 14.3. The Morgan fingerprint density at radius 2 is 1.02 bits per heavy atom. The fraction of sp³-hybridized carbons (Fsp3) is 0.0909. The second-order valence-electron chi connectivity index (χ2n) is 11.9. The molecule has 6 aromatic carbocycles. The van der Waals surface area contributed by atoms with Gasteiger partial charge in [-0.3, -0.25) is 0 Å². The molecule has 0 heterocycles. The van der Waals surface area contributed by atoms with E-state index in [0.717, 1.165) is 12.8 Å². The zero-order chi connectivity index (χ0) is 29.3. The second-order valence-corrected chi connectivity index (χ2v) is 11.9. The highest BCUT2D eigenvalue weighted by Crippen LogP contribution is 2.46. The summed E-state index contributed by atoms with van der Waals surface area (Å²) in [5.41, 5.74) is 10.5. The lowest BCUT2D eigenvalue weighted by molar-refractivity contribution is 0.751. The van der Waals surface area contributed by atoms with E-state index in [4.69, 9.17) is 0 Å². The Balaban J connectivity index is 1.27. The Morgan fingerprint density at radius 3 is 1.66 bits per heavy atom. The Kier molecular flexibility index (Phi) is 6.89. The Bertz CT molecular complexity index is 2050. The first-order chi connectivity index (χ1) is 21.8. The molecule has 0 N–H and O–H groups in total. The van der Waals surface area contributed by atoms with Crippen molar-refractivity contribution in [3.8, 4) is 33.4 Å². The summed E-state index contributed by atoms with van der Waals surface area (Å²) in [6.45, 7) is 0. The molecule has 0 aromatic heterocycles. The SMILES string of the molecule is C1=CCC(C2=CCC(c3ccccc3-c3c4ccccc4c(-c4ccc(-c5ccccc5)cc4)c4ccccc34)C=C2)C=C1. The summed E-state index contributed by atoms with van der Waals surface area (Å²) in [4.78, 5) is 0. The summed E-state index contributed by atoms with van der Waals surface area (Å²) in [7, 11) is 0. The van der Waals surface area contributed by atoms with Gasteiger partial charge in [0.1, 0.15) is 0 Å². The Labute approximate surface area is 260 Å². The van der Waals surface area contributed by atoms with Crippen molar-refractivity contribution in [2.75, 3.05) is 0 Å². The van der Waals surface area contributed by atoms with Gasteiger partial charge in [0.05, 0.1) is 0 Å². The normalized spacial score (nSPS) is 17.7. The zero-order valence-corrected chi connectivity index (χ0v) is 24.7. The van der Waals surface area contributed by atoms with Crippen molar-refractivity contribution in [3.63, 3.8) is 0 Å². The number of hydrogen-bond donors (Lipinski definition) is 0. The lowest BCUT2D eigenvalue weighted by Crippen LogP contribution is -2.06. The van der Waals surface area contributed by atoms with Crippen LogP contribution in [0.4, 0.5) is 0 Å². The van der Waals surface area contributed by atoms with Crippen molar-refractivity contribution >= 4 is 21.5 Å². The van der Waals surface area contributed by atoms with Crippen molar-refractivity contribution in [3.05, 3.63) is 181 Å². The minimum absolute atomic E-state index is 0.348. The molecule has 0 saturated heterocycles. The van der Waals surface area contributed by atoms with Crippen molar-refractivity contribution in [2.45, 2.75) is 18.8 Å². The van der Waals surface area contributed by atoms with E-state index < -0.39 is 0 Å². The van der Waals surface area contributed by atoms with Gasteiger partial charge in [0, 0.05) is 11.8 Å². The zero-order valence-electron chi connectivity index (χ0n) is 24.7. The Morgan fingerprint density at radius 1 is 0.432 bits per heavy atom. The minimum atomic E-state index is 0.348. The lowest BCUT2D eigenvalue weighted by Gasteiger charge is -2.24. The predicted octanol–water partition coefficient (Wildman–Crippen LogP) is 12.1. The summed E-state index contributed by atoms with van der Waals surface area (Å²) >= 11 is 0. The van der Waals surface area contributed by atoms with Gasteiger partial charge in [-0.2, -0.15) is 0 Å². The number of hydrogen-bond acceptors (Lipinski definition) is 0. The van der Waals surface area contributed by atoms with Crippen LogP contribution in [0.5, 0.6) is 0 Å². The molecule has 0 bridgehead atoms. The number of benzene rings is 6. The van der Waals surface area contributed by atoms with E-state index in [-0.39, 0.29) is 0 Å². The first-order valence-electron chi connectivity index (χ1n) is 15.8. The van der Waals surface area contributed by atoms with Gasteiger partial charge in [-0.05, 0) is 78.9 Å². The van der Waals surface area contributed by atoms with E-state index in [1.807, 2.05) is 0 Å². The van der Waals surface area contributed by atoms with Gasteiger partial charge >= 0.3 is 0 Å². The fourth-order valence-electron chi connectivity index (χ4n) is 7.21. The van der Waals surface area contributed by atoms with Gasteiger partial charge in [-0.25, -0.2) is 0 Å². The largest absolute Gasteiger partial charge is 0.0836 e. The molecule has 0 radical (unpaired) electrons. The van der Waals surface area contributed by atoms with Gasteiger partial charge in [0.2, 0.25) is 0 Å². The highest BCUT2D eigenvalue weighted by Gasteiger charge is 2.22. The van der Waals surface area contributed by atoms with Crippen LogP contribution >= 0.6 is 0 Å². The molecule has 0 saturated carbocycles. The molecule has 2 atom stereocenters. The van der Waals surface area contributed by atoms with E-state index in [9.17, 15) is 0 Å². The molecule has 0 heteroatoms. The monoisotopic (exact) mass is 562 g/mol. The van der Waals surface area contributed by atoms with E-state index in [1.165, 1.54) is 66.1 Å². The predicted molar refractivity (Wildman–Crippen MR) is 189 cm³/mol. The number of rotatable bonds is 5. The summed E-state index contributed by atoms with van der Waals surface area (Å²) in [6, 6.07) is 46.8. The molecule has 210 valence electrons. The van der Waals surface area contributed by atoms with Crippen LogP contribution in [-0.4, -0.2) is 0 Å². The summed E-state index contributed by atoms with van der Waals surface area (Å²) in [5.74, 6) is 0.843. The molecule has 0 amide bonds. The van der Waals surface area contributed by atoms with E-state index in [2.05, 4.69) is 170 Å². The number of fused-ring (bicyclic) bond motifs is 2. The van der Waals surface area contributed by atoms with Crippen LogP contribution in [-0.2, 0) is 0 Å². The standard InChI is InChI=1S/C44H34/c1-3-13-31(14-4-1)33-23-27-35(28-24-33)37-17-7-8-18-38(37)44-41-21-11-9-19-39(41)43(40-20-10-12-22-42(40)44)36-29-25-34(26-30-36)32-15-5-2-6-16-32/h1-13,15-27,29-31,35H,14,28H2. The van der Waals surface area contributed by atoms with E-state index in [0.29, 0.717) is 11.8 Å². The van der Waals surface area contributed by atoms with Gasteiger partial charge in [-0.15, -0.1) is 0 Å². The molecule has 0 spiro atoms. The topological polar surface area (TPSA) is 0 Å². The highest BCUT2D eigenvalue weighted by molar-refractivity contribution is 6.21. The molecular formula is C44H34. The summed E-state index contributed by atoms with van der Waals surface area (Å²) in [5, 5.41) is 5.19. The van der Waals surface area contributed by atoms with Crippen LogP contribution in [0.1, 0.15) is 24.3 Å². The molecule has 2 aliphatic carbocycles. The van der Waals surface area contributed by atoms with E-state index >= 15 is 0 Å². The third-order valence-corrected chi connectivity index (χ3v) is 9.38.